The molecule has 1 saturated heterocycles. The molecule has 1 aliphatic carbocycles. The van der Waals surface area contributed by atoms with E-state index in [9.17, 15) is 4.39 Å². The van der Waals surface area contributed by atoms with Crippen LogP contribution in [0.25, 0.3) is 0 Å². The Labute approximate surface area is 149 Å². The normalized spacial score (nSPS) is 29.8. The molecule has 3 rings (SSSR count). The number of nitrogens with zero attached hydrogens (tertiary/aromatic N) is 1. The molecule has 4 heteroatoms. The highest BCUT2D eigenvalue weighted by Crippen LogP contribution is 2.38. The van der Waals surface area contributed by atoms with Crippen LogP contribution in [0.15, 0.2) is 30.9 Å². The molecule has 1 aromatic carbocycles. The van der Waals surface area contributed by atoms with Gasteiger partial charge in [0.25, 0.3) is 0 Å². The molecule has 1 saturated carbocycles. The Morgan fingerprint density at radius 2 is 2.00 bits per heavy atom. The third-order valence-corrected chi connectivity index (χ3v) is 5.57. The van der Waals surface area contributed by atoms with Crippen molar-refractivity contribution in [3.8, 4) is 6.07 Å². The number of hydrogen-bond acceptors (Lipinski definition) is 3. The maximum Gasteiger partial charge on any atom is 0.141 e. The van der Waals surface area contributed by atoms with Crippen molar-refractivity contribution in [1.29, 1.82) is 5.26 Å². The molecule has 1 aliphatic heterocycles. The topological polar surface area (TPSA) is 42.2 Å². The van der Waals surface area contributed by atoms with Gasteiger partial charge in [-0.05, 0) is 68.1 Å². The summed E-state index contributed by atoms with van der Waals surface area (Å²) >= 11 is 0. The lowest BCUT2D eigenvalue weighted by molar-refractivity contribution is -0.155. The second-order valence-electron chi connectivity index (χ2n) is 7.16. The number of allylic oxidation sites excluding steroid dienone is 1. The van der Waals surface area contributed by atoms with Gasteiger partial charge in [0.1, 0.15) is 11.9 Å². The predicted octanol–water partition coefficient (Wildman–Crippen LogP) is 4.72. The molecule has 2 fully saturated rings. The molecule has 25 heavy (non-hydrogen) atoms. The van der Waals surface area contributed by atoms with Crippen molar-refractivity contribution in [2.45, 2.75) is 56.7 Å². The van der Waals surface area contributed by atoms with Gasteiger partial charge in [0.05, 0.1) is 31.0 Å². The Bertz CT molecular complexity index is 623. The first-order chi connectivity index (χ1) is 12.2. The van der Waals surface area contributed by atoms with Gasteiger partial charge in [-0.2, -0.15) is 5.26 Å². The highest BCUT2D eigenvalue weighted by atomic mass is 19.1. The fraction of sp³-hybridized carbons (Fsp3) is 0.571. The molecule has 134 valence electrons. The number of nitriles is 1. The lowest BCUT2D eigenvalue weighted by Gasteiger charge is -2.38. The number of ether oxygens (including phenoxy) is 2. The summed E-state index contributed by atoms with van der Waals surface area (Å²) in [5.74, 6) is 0.500. The van der Waals surface area contributed by atoms with Gasteiger partial charge in [-0.1, -0.05) is 12.1 Å². The van der Waals surface area contributed by atoms with E-state index in [-0.39, 0.29) is 17.8 Å². The highest BCUT2D eigenvalue weighted by molar-refractivity contribution is 5.34. The first kappa shape index (κ1) is 18.1. The van der Waals surface area contributed by atoms with Crippen LogP contribution in [0.2, 0.25) is 0 Å². The van der Waals surface area contributed by atoms with E-state index in [1.54, 1.807) is 6.07 Å². The van der Waals surface area contributed by atoms with Gasteiger partial charge >= 0.3 is 0 Å². The molecule has 2 unspecified atom stereocenters. The molecule has 1 heterocycles. The average Bonchev–Trinajstić information content (AvgIpc) is 2.67. The molecule has 0 aromatic heterocycles. The zero-order valence-corrected chi connectivity index (χ0v) is 14.6. The summed E-state index contributed by atoms with van der Waals surface area (Å²) in [6.45, 7) is 5.11. The monoisotopic (exact) mass is 343 g/mol. The Kier molecular flexibility index (Phi) is 6.23. The average molecular weight is 343 g/mol. The Balaban J connectivity index is 1.48. The summed E-state index contributed by atoms with van der Waals surface area (Å²) in [5.41, 5.74) is 1.14. The molecule has 2 aliphatic rings. The fourth-order valence-corrected chi connectivity index (χ4v) is 4.00. The molecular formula is C21H26FNO2. The van der Waals surface area contributed by atoms with Crippen LogP contribution in [0.5, 0.6) is 0 Å². The minimum absolute atomic E-state index is 0.121. The van der Waals surface area contributed by atoms with E-state index in [1.807, 2.05) is 18.2 Å². The molecule has 0 amide bonds. The maximum atomic E-state index is 13.8. The smallest absolute Gasteiger partial charge is 0.141 e. The Hall–Kier alpha value is -1.70. The van der Waals surface area contributed by atoms with Gasteiger partial charge in [-0.15, -0.1) is 6.58 Å². The van der Waals surface area contributed by atoms with Crippen molar-refractivity contribution in [2.75, 3.05) is 13.2 Å². The van der Waals surface area contributed by atoms with Gasteiger partial charge in [0, 0.05) is 0 Å². The highest BCUT2D eigenvalue weighted by Gasteiger charge is 2.32. The van der Waals surface area contributed by atoms with Crippen LogP contribution in [-0.2, 0) is 9.47 Å². The van der Waals surface area contributed by atoms with Crippen LogP contribution in [0, 0.1) is 23.1 Å². The molecule has 0 N–H and O–H groups in total. The second-order valence-corrected chi connectivity index (χ2v) is 7.16. The van der Waals surface area contributed by atoms with Gasteiger partial charge in [0.2, 0.25) is 0 Å². The van der Waals surface area contributed by atoms with E-state index in [0.717, 1.165) is 44.1 Å². The summed E-state index contributed by atoms with van der Waals surface area (Å²) < 4.78 is 25.8. The van der Waals surface area contributed by atoms with Gasteiger partial charge in [0.15, 0.2) is 0 Å². The molecule has 3 nitrogen and oxygen atoms in total. The van der Waals surface area contributed by atoms with Gasteiger partial charge in [-0.25, -0.2) is 4.39 Å². The zero-order chi connectivity index (χ0) is 17.6. The number of rotatable bonds is 5. The third-order valence-electron chi connectivity index (χ3n) is 5.57. The summed E-state index contributed by atoms with van der Waals surface area (Å²) in [6, 6.07) is 6.91. The van der Waals surface area contributed by atoms with E-state index in [1.165, 1.54) is 6.07 Å². The molecule has 0 spiro atoms. The number of benzene rings is 1. The summed E-state index contributed by atoms with van der Waals surface area (Å²) in [6.07, 6.45) is 8.49. The maximum absolute atomic E-state index is 13.8. The van der Waals surface area contributed by atoms with Crippen molar-refractivity contribution in [1.82, 2.24) is 0 Å². The first-order valence-electron chi connectivity index (χ1n) is 9.25. The van der Waals surface area contributed by atoms with Crippen LogP contribution in [0.1, 0.15) is 55.6 Å². The van der Waals surface area contributed by atoms with Crippen LogP contribution in [-0.4, -0.2) is 25.4 Å². The van der Waals surface area contributed by atoms with Crippen LogP contribution in [0.4, 0.5) is 4.39 Å². The number of hydrogen-bond donors (Lipinski definition) is 0. The fourth-order valence-electron chi connectivity index (χ4n) is 4.00. The van der Waals surface area contributed by atoms with Crippen molar-refractivity contribution < 1.29 is 13.9 Å². The zero-order valence-electron chi connectivity index (χ0n) is 14.6. The molecule has 1 aromatic rings. The van der Waals surface area contributed by atoms with Crippen LogP contribution < -0.4 is 0 Å². The summed E-state index contributed by atoms with van der Waals surface area (Å²) in [7, 11) is 0. The van der Waals surface area contributed by atoms with E-state index in [2.05, 4.69) is 6.58 Å². The Morgan fingerprint density at radius 1 is 1.20 bits per heavy atom. The van der Waals surface area contributed by atoms with E-state index in [0.29, 0.717) is 25.0 Å². The largest absolute Gasteiger partial charge is 0.373 e. The van der Waals surface area contributed by atoms with Gasteiger partial charge < -0.3 is 9.47 Å². The first-order valence-corrected chi connectivity index (χ1v) is 9.25. The lowest BCUT2D eigenvalue weighted by atomic mass is 9.76. The predicted molar refractivity (Wildman–Crippen MR) is 94.7 cm³/mol. The number of halogens is 1. The summed E-state index contributed by atoms with van der Waals surface area (Å²) in [4.78, 5) is 0. The van der Waals surface area contributed by atoms with Gasteiger partial charge in [-0.3, -0.25) is 0 Å². The second kappa shape index (κ2) is 8.60. The lowest BCUT2D eigenvalue weighted by Crippen LogP contribution is -2.41. The van der Waals surface area contributed by atoms with Crippen molar-refractivity contribution >= 4 is 0 Å². The minimum Gasteiger partial charge on any atom is -0.373 e. The standard InChI is InChI=1S/C21H26FNO2/c1-2-3-4-19-13-25-21(14-24-19)16-7-5-15(6-8-16)17-9-10-18(12-23)20(22)11-17/h2,9-11,15-16,19,21H,1,3-8,13-14H2. The molecule has 0 bridgehead atoms. The van der Waals surface area contributed by atoms with Crippen molar-refractivity contribution in [3.63, 3.8) is 0 Å². The molecule has 0 radical (unpaired) electrons. The SMILES string of the molecule is C=CCCC1COC(C2CCC(c3ccc(C#N)c(F)c3)CC2)CO1. The molecule has 2 atom stereocenters. The minimum atomic E-state index is -0.406. The van der Waals surface area contributed by atoms with Crippen molar-refractivity contribution in [3.05, 3.63) is 47.8 Å². The van der Waals surface area contributed by atoms with E-state index < -0.39 is 5.82 Å². The van der Waals surface area contributed by atoms with Crippen molar-refractivity contribution in [2.24, 2.45) is 5.92 Å². The third kappa shape index (κ3) is 4.48. The molecular weight excluding hydrogens is 317 g/mol. The van der Waals surface area contributed by atoms with Crippen LogP contribution in [0.3, 0.4) is 0 Å². The van der Waals surface area contributed by atoms with E-state index >= 15 is 0 Å². The van der Waals surface area contributed by atoms with E-state index in [4.69, 9.17) is 14.7 Å². The van der Waals surface area contributed by atoms with Crippen LogP contribution >= 0.6 is 0 Å². The Morgan fingerprint density at radius 3 is 2.60 bits per heavy atom. The summed E-state index contributed by atoms with van der Waals surface area (Å²) in [5, 5.41) is 8.84. The quantitative estimate of drug-likeness (QED) is 0.726.